The number of rotatable bonds is 7. The second-order valence-electron chi connectivity index (χ2n) is 6.83. The van der Waals surface area contributed by atoms with Crippen molar-refractivity contribution < 1.29 is 4.74 Å². The van der Waals surface area contributed by atoms with Gasteiger partial charge in [-0.1, -0.05) is 48.0 Å². The first-order valence-electron chi connectivity index (χ1n) is 9.75. The van der Waals surface area contributed by atoms with Gasteiger partial charge >= 0.3 is 6.01 Å². The molecule has 0 aliphatic rings. The number of aromatic nitrogens is 4. The number of nitriles is 1. The molecule has 0 spiro atoms. The van der Waals surface area contributed by atoms with E-state index in [1.807, 2.05) is 30.3 Å². The van der Waals surface area contributed by atoms with Gasteiger partial charge in [0.25, 0.3) is 5.56 Å². The van der Waals surface area contributed by atoms with E-state index in [0.717, 1.165) is 5.56 Å². The minimum absolute atomic E-state index is 0.0682. The molecular weight excluding hydrogens is 414 g/mol. The number of hydrogen-bond acceptors (Lipinski definition) is 6. The van der Waals surface area contributed by atoms with Crippen LogP contribution >= 0.6 is 11.6 Å². The fourth-order valence-electron chi connectivity index (χ4n) is 3.20. The molecule has 0 saturated carbocycles. The molecule has 2 aromatic carbocycles. The molecule has 31 heavy (non-hydrogen) atoms. The van der Waals surface area contributed by atoms with Crippen LogP contribution in [-0.4, -0.2) is 19.5 Å². The Morgan fingerprint density at radius 3 is 2.68 bits per heavy atom. The Morgan fingerprint density at radius 1 is 1.06 bits per heavy atom. The van der Waals surface area contributed by atoms with Gasteiger partial charge in [-0.3, -0.25) is 9.36 Å². The van der Waals surface area contributed by atoms with E-state index in [1.165, 1.54) is 10.8 Å². The lowest BCUT2D eigenvalue weighted by Gasteiger charge is -2.11. The lowest BCUT2D eigenvalue weighted by Crippen LogP contribution is -2.27. The molecule has 0 aliphatic carbocycles. The molecule has 2 aromatic heterocycles. The van der Waals surface area contributed by atoms with Crippen LogP contribution in [0.4, 0.5) is 0 Å². The third kappa shape index (κ3) is 4.87. The fraction of sp³-hybridized carbons (Fsp3) is 0.174. The number of halogens is 1. The van der Waals surface area contributed by atoms with Gasteiger partial charge in [-0.15, -0.1) is 0 Å². The molecule has 0 amide bonds. The first-order valence-corrected chi connectivity index (χ1v) is 10.1. The van der Waals surface area contributed by atoms with E-state index in [0.29, 0.717) is 40.5 Å². The lowest BCUT2D eigenvalue weighted by atomic mass is 10.1. The Bertz CT molecular complexity index is 1320. The van der Waals surface area contributed by atoms with Crippen LogP contribution < -0.4 is 10.3 Å². The number of ether oxygens (including phenoxy) is 1. The average Bonchev–Trinajstić information content (AvgIpc) is 2.78. The molecule has 0 bridgehead atoms. The smallest absolute Gasteiger partial charge is 0.324 e. The van der Waals surface area contributed by atoms with Crippen LogP contribution in [0.25, 0.3) is 11.2 Å². The van der Waals surface area contributed by atoms with Crippen LogP contribution in [0.15, 0.2) is 65.6 Å². The van der Waals surface area contributed by atoms with E-state index in [4.69, 9.17) is 21.6 Å². The van der Waals surface area contributed by atoms with Crippen LogP contribution in [0.1, 0.15) is 17.7 Å². The Hall–Kier alpha value is -3.76. The second-order valence-corrected chi connectivity index (χ2v) is 7.27. The van der Waals surface area contributed by atoms with E-state index >= 15 is 0 Å². The summed E-state index contributed by atoms with van der Waals surface area (Å²) in [4.78, 5) is 26.2. The van der Waals surface area contributed by atoms with Crippen molar-refractivity contribution in [3.8, 4) is 17.8 Å². The van der Waals surface area contributed by atoms with E-state index < -0.39 is 0 Å². The maximum Gasteiger partial charge on any atom is 0.324 e. The van der Waals surface area contributed by atoms with E-state index in [-0.39, 0.29) is 24.5 Å². The first-order chi connectivity index (χ1) is 15.1. The molecule has 0 aliphatic heterocycles. The highest BCUT2D eigenvalue weighted by Crippen LogP contribution is 2.22. The third-order valence-corrected chi connectivity index (χ3v) is 4.91. The fourth-order valence-corrected chi connectivity index (χ4v) is 3.38. The molecule has 2 heterocycles. The van der Waals surface area contributed by atoms with E-state index in [1.54, 1.807) is 24.3 Å². The minimum atomic E-state index is -0.258. The van der Waals surface area contributed by atoms with Gasteiger partial charge in [0.2, 0.25) is 0 Å². The first kappa shape index (κ1) is 20.5. The predicted octanol–water partition coefficient (Wildman–Crippen LogP) is 4.33. The summed E-state index contributed by atoms with van der Waals surface area (Å²) < 4.78 is 7.16. The van der Waals surface area contributed by atoms with Gasteiger partial charge in [0.15, 0.2) is 5.65 Å². The van der Waals surface area contributed by atoms with Gasteiger partial charge < -0.3 is 4.74 Å². The zero-order chi connectivity index (χ0) is 21.6. The molecule has 0 saturated heterocycles. The van der Waals surface area contributed by atoms with E-state index in [9.17, 15) is 4.79 Å². The van der Waals surface area contributed by atoms with Gasteiger partial charge in [0.05, 0.1) is 18.7 Å². The van der Waals surface area contributed by atoms with Crippen LogP contribution in [0.3, 0.4) is 0 Å². The van der Waals surface area contributed by atoms with Crippen LogP contribution in [0, 0.1) is 11.3 Å². The number of fused-ring (bicyclic) bond motifs is 1. The van der Waals surface area contributed by atoms with Crippen LogP contribution in [-0.2, 0) is 19.4 Å². The molecule has 0 N–H and O–H groups in total. The molecule has 0 atom stereocenters. The van der Waals surface area contributed by atoms with Crippen LogP contribution in [0.5, 0.6) is 11.8 Å². The number of benzene rings is 2. The summed E-state index contributed by atoms with van der Waals surface area (Å²) in [5.74, 6) is 0.477. The molecule has 0 radical (unpaired) electrons. The largest absolute Gasteiger partial charge is 0.424 e. The topological polar surface area (TPSA) is 93.7 Å². The minimum Gasteiger partial charge on any atom is -0.424 e. The predicted molar refractivity (Wildman–Crippen MR) is 117 cm³/mol. The van der Waals surface area contributed by atoms with Gasteiger partial charge in [-0.05, 0) is 36.6 Å². The zero-order valence-corrected chi connectivity index (χ0v) is 17.3. The van der Waals surface area contributed by atoms with Crippen molar-refractivity contribution in [2.24, 2.45) is 0 Å². The zero-order valence-electron chi connectivity index (χ0n) is 16.5. The van der Waals surface area contributed by atoms with Crippen molar-refractivity contribution in [3.05, 3.63) is 87.4 Å². The molecule has 0 fully saturated rings. The van der Waals surface area contributed by atoms with Crippen molar-refractivity contribution in [1.29, 1.82) is 5.26 Å². The Labute approximate surface area is 183 Å². The monoisotopic (exact) mass is 431 g/mol. The highest BCUT2D eigenvalue weighted by Gasteiger charge is 2.14. The number of hydrogen-bond donors (Lipinski definition) is 0. The highest BCUT2D eigenvalue weighted by atomic mass is 35.5. The lowest BCUT2D eigenvalue weighted by molar-refractivity contribution is 0.442. The molecule has 4 rings (SSSR count). The van der Waals surface area contributed by atoms with E-state index in [2.05, 4.69) is 21.0 Å². The summed E-state index contributed by atoms with van der Waals surface area (Å²) in [5, 5.41) is 9.56. The van der Waals surface area contributed by atoms with Crippen molar-refractivity contribution in [2.45, 2.75) is 25.8 Å². The summed E-state index contributed by atoms with van der Waals surface area (Å²) >= 11 is 5.99. The van der Waals surface area contributed by atoms with Gasteiger partial charge in [0, 0.05) is 11.6 Å². The third-order valence-electron chi connectivity index (χ3n) is 4.68. The van der Waals surface area contributed by atoms with Crippen molar-refractivity contribution in [2.75, 3.05) is 0 Å². The Kier molecular flexibility index (Phi) is 6.20. The maximum absolute atomic E-state index is 13.1. The quantitative estimate of drug-likeness (QED) is 0.432. The normalized spacial score (nSPS) is 10.7. The summed E-state index contributed by atoms with van der Waals surface area (Å²) in [6, 6.07) is 18.9. The second kappa shape index (κ2) is 9.37. The molecule has 154 valence electrons. The Balaban J connectivity index is 1.70. The van der Waals surface area contributed by atoms with Gasteiger partial charge in [-0.2, -0.15) is 10.2 Å². The SMILES string of the molecule is N#CCCn1c(=O)c(CCc2ccccc2)nc2cnc(Oc3cccc(Cl)c3)nc21. The number of aryl methyl sites for hydroxylation is 3. The average molecular weight is 432 g/mol. The Morgan fingerprint density at radius 2 is 1.90 bits per heavy atom. The molecule has 0 unspecified atom stereocenters. The molecule has 8 heteroatoms. The van der Waals surface area contributed by atoms with Gasteiger partial charge in [0.1, 0.15) is 17.0 Å². The summed E-state index contributed by atoms with van der Waals surface area (Å²) in [7, 11) is 0. The maximum atomic E-state index is 13.1. The molecule has 7 nitrogen and oxygen atoms in total. The summed E-state index contributed by atoms with van der Waals surface area (Å²) in [6.07, 6.45) is 2.86. The highest BCUT2D eigenvalue weighted by molar-refractivity contribution is 6.30. The van der Waals surface area contributed by atoms with Gasteiger partial charge in [-0.25, -0.2) is 9.97 Å². The van der Waals surface area contributed by atoms with Crippen molar-refractivity contribution >= 4 is 22.8 Å². The van der Waals surface area contributed by atoms with Crippen molar-refractivity contribution in [3.63, 3.8) is 0 Å². The molecule has 4 aromatic rings. The number of nitrogens with zero attached hydrogens (tertiary/aromatic N) is 5. The van der Waals surface area contributed by atoms with Crippen LogP contribution in [0.2, 0.25) is 5.02 Å². The standard InChI is InChI=1S/C23H18ClN5O2/c24-17-8-4-9-18(14-17)31-23-26-15-20-21(28-23)29(13-5-12-25)22(30)19(27-20)11-10-16-6-2-1-3-7-16/h1-4,6-9,14-15H,5,10-11,13H2. The summed E-state index contributed by atoms with van der Waals surface area (Å²) in [5.41, 5.74) is 2.08. The summed E-state index contributed by atoms with van der Waals surface area (Å²) in [6.45, 7) is 0.209. The molecular formula is C23H18ClN5O2. The van der Waals surface area contributed by atoms with Crippen molar-refractivity contribution in [1.82, 2.24) is 19.5 Å².